The minimum absolute atomic E-state index is 0.372. The average Bonchev–Trinajstić information content (AvgIpc) is 2.09. The second-order valence-corrected chi connectivity index (χ2v) is 3.74. The van der Waals surface area contributed by atoms with Crippen LogP contribution in [0.15, 0.2) is 18.2 Å². The molecule has 13 heavy (non-hydrogen) atoms. The summed E-state index contributed by atoms with van der Waals surface area (Å²) in [5, 5.41) is 10.5. The van der Waals surface area contributed by atoms with Gasteiger partial charge in [-0.1, -0.05) is 31.0 Å². The van der Waals surface area contributed by atoms with Gasteiger partial charge in [-0.3, -0.25) is 0 Å². The third kappa shape index (κ3) is 2.71. The molecule has 0 spiro atoms. The van der Waals surface area contributed by atoms with Crippen LogP contribution < -0.4 is 0 Å². The predicted octanol–water partition coefficient (Wildman–Crippen LogP) is 3.48. The van der Waals surface area contributed by atoms with E-state index in [1.165, 1.54) is 0 Å². The van der Waals surface area contributed by atoms with E-state index in [1.54, 1.807) is 0 Å². The first-order chi connectivity index (χ1) is 6.15. The molecule has 0 aliphatic heterocycles. The van der Waals surface area contributed by atoms with Gasteiger partial charge in [0.15, 0.2) is 0 Å². The zero-order valence-electron chi connectivity index (χ0n) is 8.05. The lowest BCUT2D eigenvalue weighted by Gasteiger charge is -2.12. The average molecular weight is 199 g/mol. The fourth-order valence-corrected chi connectivity index (χ4v) is 1.58. The lowest BCUT2D eigenvalue weighted by molar-refractivity contribution is 0.166. The Morgan fingerprint density at radius 3 is 2.77 bits per heavy atom. The highest BCUT2D eigenvalue weighted by Crippen LogP contribution is 2.24. The van der Waals surface area contributed by atoms with Crippen molar-refractivity contribution in [2.45, 2.75) is 32.8 Å². The van der Waals surface area contributed by atoms with Crippen LogP contribution in [-0.2, 0) is 0 Å². The van der Waals surface area contributed by atoms with Crippen molar-refractivity contribution in [3.8, 4) is 0 Å². The van der Waals surface area contributed by atoms with Gasteiger partial charge in [-0.15, -0.1) is 0 Å². The van der Waals surface area contributed by atoms with Crippen LogP contribution in [0.25, 0.3) is 0 Å². The van der Waals surface area contributed by atoms with Gasteiger partial charge in [0.05, 0.1) is 6.10 Å². The van der Waals surface area contributed by atoms with E-state index in [-0.39, 0.29) is 6.10 Å². The molecule has 0 fully saturated rings. The second kappa shape index (κ2) is 4.64. The number of benzene rings is 1. The Morgan fingerprint density at radius 1 is 1.46 bits per heavy atom. The van der Waals surface area contributed by atoms with Crippen LogP contribution in [0.1, 0.15) is 37.0 Å². The minimum atomic E-state index is -0.372. The van der Waals surface area contributed by atoms with E-state index in [4.69, 9.17) is 11.6 Å². The number of aliphatic hydroxyl groups excluding tert-OH is 1. The molecule has 1 aromatic rings. The van der Waals surface area contributed by atoms with Crippen molar-refractivity contribution >= 4 is 11.6 Å². The van der Waals surface area contributed by atoms with E-state index >= 15 is 0 Å². The molecule has 0 aliphatic rings. The molecule has 0 radical (unpaired) electrons. The van der Waals surface area contributed by atoms with E-state index in [2.05, 4.69) is 6.92 Å². The van der Waals surface area contributed by atoms with Crippen LogP contribution >= 0.6 is 11.6 Å². The Balaban J connectivity index is 2.91. The maximum atomic E-state index is 9.77. The van der Waals surface area contributed by atoms with Crippen molar-refractivity contribution in [2.24, 2.45) is 0 Å². The summed E-state index contributed by atoms with van der Waals surface area (Å²) in [7, 11) is 0. The first kappa shape index (κ1) is 10.6. The van der Waals surface area contributed by atoms with Crippen LogP contribution in [0.4, 0.5) is 0 Å². The molecule has 72 valence electrons. The molecule has 0 aromatic heterocycles. The van der Waals surface area contributed by atoms with Crippen LogP contribution in [-0.4, -0.2) is 5.11 Å². The fourth-order valence-electron chi connectivity index (χ4n) is 1.40. The number of halogens is 1. The van der Waals surface area contributed by atoms with Gasteiger partial charge in [0.1, 0.15) is 0 Å². The largest absolute Gasteiger partial charge is 0.388 e. The first-order valence-corrected chi connectivity index (χ1v) is 4.97. The van der Waals surface area contributed by atoms with E-state index in [9.17, 15) is 5.11 Å². The number of rotatable bonds is 3. The Labute approximate surface area is 84.4 Å². The first-order valence-electron chi connectivity index (χ1n) is 4.59. The minimum Gasteiger partial charge on any atom is -0.388 e. The molecule has 1 N–H and O–H groups in total. The standard InChI is InChI=1S/C11H15ClO/c1-3-4-11(13)10-7-9(12)6-5-8(10)2/h5-7,11,13H,3-4H2,1-2H3/t11-/m0/s1. The van der Waals surface area contributed by atoms with Gasteiger partial charge >= 0.3 is 0 Å². The van der Waals surface area contributed by atoms with Gasteiger partial charge in [0.25, 0.3) is 0 Å². The van der Waals surface area contributed by atoms with Crippen molar-refractivity contribution in [3.05, 3.63) is 34.3 Å². The second-order valence-electron chi connectivity index (χ2n) is 3.31. The van der Waals surface area contributed by atoms with E-state index < -0.39 is 0 Å². The molecule has 0 bridgehead atoms. The maximum absolute atomic E-state index is 9.77. The molecular weight excluding hydrogens is 184 g/mol. The van der Waals surface area contributed by atoms with E-state index in [0.717, 1.165) is 24.0 Å². The van der Waals surface area contributed by atoms with Crippen molar-refractivity contribution in [3.63, 3.8) is 0 Å². The molecule has 1 nitrogen and oxygen atoms in total. The summed E-state index contributed by atoms with van der Waals surface area (Å²) in [5.41, 5.74) is 2.06. The summed E-state index contributed by atoms with van der Waals surface area (Å²) in [6, 6.07) is 5.63. The fraction of sp³-hybridized carbons (Fsp3) is 0.455. The molecule has 1 atom stereocenters. The Morgan fingerprint density at radius 2 is 2.15 bits per heavy atom. The maximum Gasteiger partial charge on any atom is 0.0793 e. The lowest BCUT2D eigenvalue weighted by atomic mass is 10.0. The van der Waals surface area contributed by atoms with E-state index in [1.807, 2.05) is 25.1 Å². The molecule has 1 aromatic carbocycles. The van der Waals surface area contributed by atoms with Crippen LogP contribution in [0.2, 0.25) is 5.02 Å². The van der Waals surface area contributed by atoms with Crippen LogP contribution in [0.3, 0.4) is 0 Å². The number of aliphatic hydroxyl groups is 1. The van der Waals surface area contributed by atoms with Crippen molar-refractivity contribution in [1.82, 2.24) is 0 Å². The van der Waals surface area contributed by atoms with Gasteiger partial charge in [-0.2, -0.15) is 0 Å². The highest BCUT2D eigenvalue weighted by atomic mass is 35.5. The normalized spacial score (nSPS) is 12.9. The monoisotopic (exact) mass is 198 g/mol. The zero-order chi connectivity index (χ0) is 9.84. The highest BCUT2D eigenvalue weighted by molar-refractivity contribution is 6.30. The van der Waals surface area contributed by atoms with Gasteiger partial charge in [0.2, 0.25) is 0 Å². The molecule has 0 amide bonds. The van der Waals surface area contributed by atoms with Gasteiger partial charge in [-0.05, 0) is 36.6 Å². The smallest absolute Gasteiger partial charge is 0.0793 e. The summed E-state index contributed by atoms with van der Waals surface area (Å²) >= 11 is 5.85. The molecule has 2 heteroatoms. The topological polar surface area (TPSA) is 20.2 Å². The van der Waals surface area contributed by atoms with Gasteiger partial charge < -0.3 is 5.11 Å². The molecule has 0 unspecified atom stereocenters. The predicted molar refractivity (Wildman–Crippen MR) is 56.1 cm³/mol. The summed E-state index contributed by atoms with van der Waals surface area (Å²) in [4.78, 5) is 0. The number of hydrogen-bond acceptors (Lipinski definition) is 1. The van der Waals surface area contributed by atoms with Crippen LogP contribution in [0.5, 0.6) is 0 Å². The third-order valence-electron chi connectivity index (χ3n) is 2.16. The molecule has 0 saturated carbocycles. The molecular formula is C11H15ClO. The molecule has 0 aliphatic carbocycles. The van der Waals surface area contributed by atoms with Crippen LogP contribution in [0, 0.1) is 6.92 Å². The lowest BCUT2D eigenvalue weighted by Crippen LogP contribution is -1.99. The van der Waals surface area contributed by atoms with E-state index in [0.29, 0.717) is 5.02 Å². The Bertz CT molecular complexity index is 283. The quantitative estimate of drug-likeness (QED) is 0.789. The van der Waals surface area contributed by atoms with Gasteiger partial charge in [0, 0.05) is 5.02 Å². The number of hydrogen-bond donors (Lipinski definition) is 1. The van der Waals surface area contributed by atoms with Crippen molar-refractivity contribution in [1.29, 1.82) is 0 Å². The summed E-state index contributed by atoms with van der Waals surface area (Å²) in [6.07, 6.45) is 1.40. The summed E-state index contributed by atoms with van der Waals surface area (Å²) < 4.78 is 0. The molecule has 1 rings (SSSR count). The Kier molecular flexibility index (Phi) is 3.76. The van der Waals surface area contributed by atoms with Crippen molar-refractivity contribution < 1.29 is 5.11 Å². The zero-order valence-corrected chi connectivity index (χ0v) is 8.80. The Hall–Kier alpha value is -0.530. The van der Waals surface area contributed by atoms with Crippen molar-refractivity contribution in [2.75, 3.05) is 0 Å². The van der Waals surface area contributed by atoms with Gasteiger partial charge in [-0.25, -0.2) is 0 Å². The number of aryl methyl sites for hydroxylation is 1. The summed E-state index contributed by atoms with van der Waals surface area (Å²) in [5.74, 6) is 0. The molecule has 0 heterocycles. The highest BCUT2D eigenvalue weighted by Gasteiger charge is 2.09. The summed E-state index contributed by atoms with van der Waals surface area (Å²) in [6.45, 7) is 4.05. The molecule has 0 saturated heterocycles. The SMILES string of the molecule is CCC[C@H](O)c1cc(Cl)ccc1C. The third-order valence-corrected chi connectivity index (χ3v) is 2.40.